The molecule has 0 N–H and O–H groups in total. The summed E-state index contributed by atoms with van der Waals surface area (Å²) in [7, 11) is 0. The predicted octanol–water partition coefficient (Wildman–Crippen LogP) is 13.9. The first kappa shape index (κ1) is 25.6. The second-order valence-electron chi connectivity index (χ2n) is 13.7. The SMILES string of the molecule is c1ccc2cc3c(cc2c1)oc1cc(-c2cc4ccc5cccc6ccc(c2)c4c56)cc(-c2ccc4ccc5cccc6ccc2c4c56)c13. The molecule has 0 aliphatic heterocycles. The van der Waals surface area contributed by atoms with Crippen LogP contribution in [0.15, 0.2) is 162 Å². The highest BCUT2D eigenvalue weighted by Gasteiger charge is 2.20. The molecule has 1 aromatic heterocycles. The molecule has 1 nitrogen and oxygen atoms in total. The van der Waals surface area contributed by atoms with E-state index in [9.17, 15) is 0 Å². The summed E-state index contributed by atoms with van der Waals surface area (Å²) >= 11 is 0. The van der Waals surface area contributed by atoms with Crippen molar-refractivity contribution in [3.05, 3.63) is 158 Å². The van der Waals surface area contributed by atoms with Crippen LogP contribution in [0.3, 0.4) is 0 Å². The molecule has 0 saturated heterocycles. The molecule has 0 radical (unpaired) electrons. The van der Waals surface area contributed by atoms with E-state index in [1.54, 1.807) is 0 Å². The lowest BCUT2D eigenvalue weighted by Crippen LogP contribution is -1.90. The lowest BCUT2D eigenvalue weighted by atomic mass is 9.87. The van der Waals surface area contributed by atoms with E-state index < -0.39 is 0 Å². The smallest absolute Gasteiger partial charge is 0.136 e. The summed E-state index contributed by atoms with van der Waals surface area (Å²) in [6, 6.07) is 58.5. The van der Waals surface area contributed by atoms with E-state index in [4.69, 9.17) is 4.42 Å². The Morgan fingerprint density at radius 1 is 0.265 bits per heavy atom. The summed E-state index contributed by atoms with van der Waals surface area (Å²) < 4.78 is 6.81. The Bertz CT molecular complexity index is 3240. The van der Waals surface area contributed by atoms with Crippen molar-refractivity contribution in [3.63, 3.8) is 0 Å². The monoisotopic (exact) mass is 618 g/mol. The first-order chi connectivity index (χ1) is 24.2. The summed E-state index contributed by atoms with van der Waals surface area (Å²) in [5.74, 6) is 0. The lowest BCUT2D eigenvalue weighted by Gasteiger charge is -2.16. The average Bonchev–Trinajstić information content (AvgIpc) is 3.51. The Kier molecular flexibility index (Phi) is 4.77. The van der Waals surface area contributed by atoms with E-state index in [0.29, 0.717) is 0 Å². The number of hydrogen-bond acceptors (Lipinski definition) is 1. The molecule has 0 spiro atoms. The predicted molar refractivity (Wildman–Crippen MR) is 210 cm³/mol. The number of hydrogen-bond donors (Lipinski definition) is 0. The van der Waals surface area contributed by atoms with Crippen LogP contribution in [-0.4, -0.2) is 0 Å². The van der Waals surface area contributed by atoms with Gasteiger partial charge in [-0.25, -0.2) is 0 Å². The third-order valence-electron chi connectivity index (χ3n) is 11.1. The molecule has 0 aliphatic rings. The van der Waals surface area contributed by atoms with Crippen molar-refractivity contribution < 1.29 is 4.42 Å². The van der Waals surface area contributed by atoms with Gasteiger partial charge in [-0.15, -0.1) is 0 Å². The molecule has 12 rings (SSSR count). The van der Waals surface area contributed by atoms with Crippen molar-refractivity contribution in [1.82, 2.24) is 0 Å². The van der Waals surface area contributed by atoms with E-state index in [-0.39, 0.29) is 0 Å². The number of benzene rings is 11. The van der Waals surface area contributed by atoms with Crippen molar-refractivity contribution in [2.24, 2.45) is 0 Å². The molecule has 1 heterocycles. The van der Waals surface area contributed by atoms with Crippen molar-refractivity contribution in [2.75, 3.05) is 0 Å². The van der Waals surface area contributed by atoms with Crippen molar-refractivity contribution in [2.45, 2.75) is 0 Å². The van der Waals surface area contributed by atoms with Gasteiger partial charge in [0.05, 0.1) is 0 Å². The number of furan rings is 1. The Morgan fingerprint density at radius 3 is 1.47 bits per heavy atom. The molecule has 0 atom stereocenters. The van der Waals surface area contributed by atoms with Crippen LogP contribution >= 0.6 is 0 Å². The largest absolute Gasteiger partial charge is 0.456 e. The summed E-state index contributed by atoms with van der Waals surface area (Å²) in [4.78, 5) is 0. The minimum atomic E-state index is 0.911. The van der Waals surface area contributed by atoms with Crippen molar-refractivity contribution >= 4 is 97.3 Å². The molecule has 0 unspecified atom stereocenters. The van der Waals surface area contributed by atoms with Gasteiger partial charge in [0.1, 0.15) is 11.2 Å². The fourth-order valence-electron chi connectivity index (χ4n) is 8.86. The highest BCUT2D eigenvalue weighted by atomic mass is 16.3. The van der Waals surface area contributed by atoms with Gasteiger partial charge in [0.25, 0.3) is 0 Å². The van der Waals surface area contributed by atoms with Crippen LogP contribution < -0.4 is 0 Å². The maximum atomic E-state index is 6.81. The molecule has 11 aromatic carbocycles. The van der Waals surface area contributed by atoms with Crippen LogP contribution in [0.25, 0.3) is 120 Å². The first-order valence-corrected chi connectivity index (χ1v) is 17.0. The van der Waals surface area contributed by atoms with Gasteiger partial charge in [-0.1, -0.05) is 121 Å². The fourth-order valence-corrected chi connectivity index (χ4v) is 8.86. The molecule has 0 saturated carbocycles. The highest BCUT2D eigenvalue weighted by Crippen LogP contribution is 2.46. The molecule has 224 valence electrons. The zero-order chi connectivity index (χ0) is 31.8. The standard InChI is InChI=1S/C48H26O/c1-2-6-33-25-42-41(23-32(33)5-1)48-40(38-19-17-31-12-11-29-9-4-10-30-18-20-39(38)47(31)45(29)30)24-37(26-43(48)49-42)36-21-34-15-13-27-7-3-8-28-14-16-35(22-36)46(34)44(27)28/h1-26H. The Hall–Kier alpha value is -6.44. The normalized spacial score (nSPS) is 12.5. The zero-order valence-corrected chi connectivity index (χ0v) is 26.4. The molecule has 0 fully saturated rings. The highest BCUT2D eigenvalue weighted by molar-refractivity contribution is 6.28. The first-order valence-electron chi connectivity index (χ1n) is 17.0. The van der Waals surface area contributed by atoms with E-state index in [0.717, 1.165) is 27.5 Å². The topological polar surface area (TPSA) is 13.1 Å². The minimum absolute atomic E-state index is 0.911. The van der Waals surface area contributed by atoms with Crippen LogP contribution in [-0.2, 0) is 0 Å². The molecule has 1 heteroatoms. The summed E-state index contributed by atoms with van der Waals surface area (Å²) in [5.41, 5.74) is 6.60. The van der Waals surface area contributed by atoms with E-state index in [1.165, 1.54) is 92.1 Å². The molecule has 0 aliphatic carbocycles. The van der Waals surface area contributed by atoms with Gasteiger partial charge in [0.2, 0.25) is 0 Å². The van der Waals surface area contributed by atoms with Gasteiger partial charge in [-0.05, 0) is 134 Å². The van der Waals surface area contributed by atoms with Gasteiger partial charge < -0.3 is 4.42 Å². The minimum Gasteiger partial charge on any atom is -0.456 e. The summed E-state index contributed by atoms with van der Waals surface area (Å²) in [5, 5.41) is 20.3. The van der Waals surface area contributed by atoms with Gasteiger partial charge in [-0.3, -0.25) is 0 Å². The zero-order valence-electron chi connectivity index (χ0n) is 26.4. The molecule has 0 amide bonds. The Morgan fingerprint density at radius 2 is 0.776 bits per heavy atom. The third kappa shape index (κ3) is 3.44. The van der Waals surface area contributed by atoms with E-state index >= 15 is 0 Å². The van der Waals surface area contributed by atoms with E-state index in [2.05, 4.69) is 158 Å². The second kappa shape index (κ2) is 9.13. The van der Waals surface area contributed by atoms with Gasteiger partial charge in [-0.2, -0.15) is 0 Å². The molecular formula is C48H26O. The fraction of sp³-hybridized carbons (Fsp3) is 0. The van der Waals surface area contributed by atoms with Crippen molar-refractivity contribution in [1.29, 1.82) is 0 Å². The van der Waals surface area contributed by atoms with Crippen LogP contribution in [0.1, 0.15) is 0 Å². The van der Waals surface area contributed by atoms with Gasteiger partial charge in [0, 0.05) is 10.8 Å². The molecule has 0 bridgehead atoms. The second-order valence-corrected chi connectivity index (χ2v) is 13.7. The van der Waals surface area contributed by atoms with Crippen molar-refractivity contribution in [3.8, 4) is 22.3 Å². The Labute approximate surface area is 280 Å². The number of fused-ring (bicyclic) bond motifs is 4. The molecular weight excluding hydrogens is 593 g/mol. The Balaban J connectivity index is 1.21. The lowest BCUT2D eigenvalue weighted by molar-refractivity contribution is 0.669. The maximum Gasteiger partial charge on any atom is 0.136 e. The molecule has 12 aromatic rings. The van der Waals surface area contributed by atoms with Crippen LogP contribution in [0.5, 0.6) is 0 Å². The van der Waals surface area contributed by atoms with E-state index in [1.807, 2.05) is 0 Å². The van der Waals surface area contributed by atoms with Crippen LogP contribution in [0, 0.1) is 0 Å². The third-order valence-corrected chi connectivity index (χ3v) is 11.1. The summed E-state index contributed by atoms with van der Waals surface area (Å²) in [6.45, 7) is 0. The van der Waals surface area contributed by atoms with Crippen LogP contribution in [0.4, 0.5) is 0 Å². The van der Waals surface area contributed by atoms with Gasteiger partial charge in [0.15, 0.2) is 0 Å². The van der Waals surface area contributed by atoms with Crippen LogP contribution in [0.2, 0.25) is 0 Å². The maximum absolute atomic E-state index is 6.81. The molecule has 49 heavy (non-hydrogen) atoms. The van der Waals surface area contributed by atoms with Gasteiger partial charge >= 0.3 is 0 Å². The summed E-state index contributed by atoms with van der Waals surface area (Å²) in [6.07, 6.45) is 0. The quantitative estimate of drug-likeness (QED) is 0.176. The average molecular weight is 619 g/mol. The number of rotatable bonds is 2.